The van der Waals surface area contributed by atoms with Gasteiger partial charge in [0.15, 0.2) is 0 Å². The summed E-state index contributed by atoms with van der Waals surface area (Å²) in [6.45, 7) is 2.30. The Bertz CT molecular complexity index is 135. The van der Waals surface area contributed by atoms with Crippen LogP contribution in [0.15, 0.2) is 6.08 Å². The summed E-state index contributed by atoms with van der Waals surface area (Å²) < 4.78 is 0. The van der Waals surface area contributed by atoms with Gasteiger partial charge in [-0.25, -0.2) is 0 Å². The molecule has 1 fully saturated rings. The van der Waals surface area contributed by atoms with Crippen molar-refractivity contribution in [2.24, 2.45) is 17.8 Å². The average molecular weight is 121 g/mol. The summed E-state index contributed by atoms with van der Waals surface area (Å²) in [5.74, 6) is 2.77. The minimum Gasteiger partial charge on any atom is -0.0773 e. The van der Waals surface area contributed by atoms with E-state index < -0.39 is 0 Å². The van der Waals surface area contributed by atoms with Gasteiger partial charge in [-0.1, -0.05) is 19.4 Å². The van der Waals surface area contributed by atoms with Crippen molar-refractivity contribution in [3.63, 3.8) is 0 Å². The number of fused-ring (bicyclic) bond motifs is 2. The van der Waals surface area contributed by atoms with Crippen LogP contribution < -0.4 is 0 Å². The lowest BCUT2D eigenvalue weighted by molar-refractivity contribution is 0.432. The maximum absolute atomic E-state index is 3.40. The predicted octanol–water partition coefficient (Wildman–Crippen LogP) is 2.41. The summed E-state index contributed by atoms with van der Waals surface area (Å²) in [6.07, 6.45) is 9.92. The lowest BCUT2D eigenvalue weighted by atomic mass is 9.91. The van der Waals surface area contributed by atoms with Gasteiger partial charge in [-0.05, 0) is 36.7 Å². The first-order valence-electron chi connectivity index (χ1n) is 3.99. The van der Waals surface area contributed by atoms with E-state index >= 15 is 0 Å². The molecule has 2 aliphatic carbocycles. The second-order valence-corrected chi connectivity index (χ2v) is 3.33. The highest BCUT2D eigenvalue weighted by molar-refractivity contribution is 5.04. The second-order valence-electron chi connectivity index (χ2n) is 3.33. The molecule has 49 valence electrons. The predicted molar refractivity (Wildman–Crippen MR) is 37.8 cm³/mol. The van der Waals surface area contributed by atoms with Crippen molar-refractivity contribution < 1.29 is 0 Å². The molecule has 2 bridgehead atoms. The molecule has 2 aliphatic rings. The van der Waals surface area contributed by atoms with Crippen molar-refractivity contribution in [3.8, 4) is 0 Å². The third-order valence-electron chi connectivity index (χ3n) is 2.82. The third-order valence-corrected chi connectivity index (χ3v) is 2.82. The summed E-state index contributed by atoms with van der Waals surface area (Å²) in [4.78, 5) is 0. The molecule has 0 nitrogen and oxygen atoms in total. The van der Waals surface area contributed by atoms with E-state index in [1.807, 2.05) is 0 Å². The van der Waals surface area contributed by atoms with Gasteiger partial charge < -0.3 is 0 Å². The maximum Gasteiger partial charge on any atom is -0.0154 e. The molecule has 0 saturated heterocycles. The van der Waals surface area contributed by atoms with Crippen LogP contribution in [0.1, 0.15) is 26.2 Å². The van der Waals surface area contributed by atoms with E-state index in [1.54, 1.807) is 0 Å². The Morgan fingerprint density at radius 2 is 2.44 bits per heavy atom. The van der Waals surface area contributed by atoms with E-state index in [1.165, 1.54) is 19.3 Å². The zero-order valence-corrected chi connectivity index (χ0v) is 5.93. The van der Waals surface area contributed by atoms with Gasteiger partial charge in [0.05, 0.1) is 0 Å². The molecule has 0 heterocycles. The Labute approximate surface area is 57.0 Å². The Balaban J connectivity index is 2.10. The highest BCUT2D eigenvalue weighted by Crippen LogP contribution is 2.44. The van der Waals surface area contributed by atoms with Crippen molar-refractivity contribution in [2.45, 2.75) is 26.2 Å². The molecule has 9 heavy (non-hydrogen) atoms. The van der Waals surface area contributed by atoms with Crippen LogP contribution in [0.5, 0.6) is 0 Å². The van der Waals surface area contributed by atoms with Crippen molar-refractivity contribution in [1.82, 2.24) is 0 Å². The van der Waals surface area contributed by atoms with Gasteiger partial charge in [-0.3, -0.25) is 0 Å². The van der Waals surface area contributed by atoms with Crippen LogP contribution >= 0.6 is 0 Å². The van der Waals surface area contributed by atoms with E-state index in [0.29, 0.717) is 0 Å². The maximum atomic E-state index is 3.40. The molecule has 0 N–H and O–H groups in total. The summed E-state index contributed by atoms with van der Waals surface area (Å²) in [7, 11) is 0. The molecule has 0 aromatic rings. The molecule has 0 spiro atoms. The molecular formula is C9H13. The first kappa shape index (κ1) is 5.52. The van der Waals surface area contributed by atoms with Gasteiger partial charge in [-0.2, -0.15) is 0 Å². The molecule has 0 aromatic carbocycles. The molecular weight excluding hydrogens is 108 g/mol. The fraction of sp³-hybridized carbons (Fsp3) is 0.778. The highest BCUT2D eigenvalue weighted by atomic mass is 14.4. The zero-order valence-electron chi connectivity index (χ0n) is 5.93. The Morgan fingerprint density at radius 1 is 1.56 bits per heavy atom. The van der Waals surface area contributed by atoms with Crippen molar-refractivity contribution in [2.75, 3.05) is 0 Å². The molecule has 0 amide bonds. The van der Waals surface area contributed by atoms with Gasteiger partial charge in [0.1, 0.15) is 0 Å². The molecule has 1 saturated carbocycles. The van der Waals surface area contributed by atoms with Crippen LogP contribution in [0.25, 0.3) is 0 Å². The second kappa shape index (κ2) is 1.86. The van der Waals surface area contributed by atoms with Crippen LogP contribution in [0.4, 0.5) is 0 Å². The first-order chi connectivity index (χ1) is 4.40. The average Bonchev–Trinajstić information content (AvgIpc) is 2.45. The van der Waals surface area contributed by atoms with Crippen LogP contribution in [0, 0.1) is 23.8 Å². The fourth-order valence-corrected chi connectivity index (χ4v) is 2.23. The van der Waals surface area contributed by atoms with E-state index in [-0.39, 0.29) is 0 Å². The standard InChI is InChI=1S/C9H13/c1-2-8-5-7-3-4-9(8)6-7/h4,7-9H,2,5-6H2,1H3. The molecule has 3 atom stereocenters. The van der Waals surface area contributed by atoms with Crippen LogP contribution in [-0.4, -0.2) is 0 Å². The van der Waals surface area contributed by atoms with Crippen LogP contribution in [0.3, 0.4) is 0 Å². The lowest BCUT2D eigenvalue weighted by Crippen LogP contribution is -2.04. The van der Waals surface area contributed by atoms with Crippen LogP contribution in [-0.2, 0) is 0 Å². The van der Waals surface area contributed by atoms with E-state index in [4.69, 9.17) is 0 Å². The number of allylic oxidation sites excluding steroid dienone is 2. The molecule has 0 aliphatic heterocycles. The van der Waals surface area contributed by atoms with Crippen LogP contribution in [0.2, 0.25) is 0 Å². The molecule has 0 heteroatoms. The lowest BCUT2D eigenvalue weighted by Gasteiger charge is -2.13. The summed E-state index contributed by atoms with van der Waals surface area (Å²) in [6, 6.07) is 0. The van der Waals surface area contributed by atoms with Gasteiger partial charge >= 0.3 is 0 Å². The number of hydrogen-bond acceptors (Lipinski definition) is 0. The van der Waals surface area contributed by atoms with Gasteiger partial charge in [0.2, 0.25) is 0 Å². The van der Waals surface area contributed by atoms with E-state index in [0.717, 1.165) is 17.8 Å². The zero-order chi connectivity index (χ0) is 6.27. The normalized spacial score (nSPS) is 46.6. The number of rotatable bonds is 1. The molecule has 3 unspecified atom stereocenters. The van der Waals surface area contributed by atoms with E-state index in [9.17, 15) is 0 Å². The Hall–Kier alpha value is -0.260. The third kappa shape index (κ3) is 0.726. The summed E-state index contributed by atoms with van der Waals surface area (Å²) in [5.41, 5.74) is 0. The molecule has 0 aromatic heterocycles. The number of hydrogen-bond donors (Lipinski definition) is 0. The molecule has 1 radical (unpaired) electrons. The van der Waals surface area contributed by atoms with E-state index in [2.05, 4.69) is 19.1 Å². The quantitative estimate of drug-likeness (QED) is 0.499. The summed E-state index contributed by atoms with van der Waals surface area (Å²) in [5, 5.41) is 0. The SMILES string of the molecule is CCC1CC2[C]=CC1C2. The Morgan fingerprint density at radius 3 is 2.78 bits per heavy atom. The van der Waals surface area contributed by atoms with Crippen molar-refractivity contribution in [3.05, 3.63) is 12.2 Å². The molecule has 2 rings (SSSR count). The van der Waals surface area contributed by atoms with Crippen molar-refractivity contribution >= 4 is 0 Å². The van der Waals surface area contributed by atoms with Gasteiger partial charge in [0, 0.05) is 0 Å². The summed E-state index contributed by atoms with van der Waals surface area (Å²) >= 11 is 0. The minimum atomic E-state index is 0.847. The highest BCUT2D eigenvalue weighted by Gasteiger charge is 2.34. The topological polar surface area (TPSA) is 0 Å². The smallest absolute Gasteiger partial charge is 0.0154 e. The Kier molecular flexibility index (Phi) is 1.14. The minimum absolute atomic E-state index is 0.847. The largest absolute Gasteiger partial charge is 0.0773 e. The van der Waals surface area contributed by atoms with Gasteiger partial charge in [0.25, 0.3) is 0 Å². The monoisotopic (exact) mass is 121 g/mol. The van der Waals surface area contributed by atoms with Gasteiger partial charge in [-0.15, -0.1) is 0 Å². The first-order valence-corrected chi connectivity index (χ1v) is 3.99. The van der Waals surface area contributed by atoms with Crippen molar-refractivity contribution in [1.29, 1.82) is 0 Å². The fourth-order valence-electron chi connectivity index (χ4n) is 2.23.